The Morgan fingerprint density at radius 2 is 2.36 bits per heavy atom. The molecule has 2 fully saturated rings. The number of hydrogen-bond donors (Lipinski definition) is 0. The second-order valence-electron chi connectivity index (χ2n) is 7.18. The first-order chi connectivity index (χ1) is 12.2. The maximum absolute atomic E-state index is 13.1. The third-order valence-corrected chi connectivity index (χ3v) is 5.56. The summed E-state index contributed by atoms with van der Waals surface area (Å²) in [5, 5.41) is 0.996. The van der Waals surface area contributed by atoms with Crippen molar-refractivity contribution in [1.29, 1.82) is 0 Å². The summed E-state index contributed by atoms with van der Waals surface area (Å²) in [5.74, 6) is 0.0882. The summed E-state index contributed by atoms with van der Waals surface area (Å²) in [6.07, 6.45) is 4.93. The van der Waals surface area contributed by atoms with Gasteiger partial charge in [-0.2, -0.15) is 0 Å². The van der Waals surface area contributed by atoms with E-state index in [0.29, 0.717) is 13.2 Å². The molecular formula is C20H24N2O3. The topological polar surface area (TPSA) is 51.7 Å². The van der Waals surface area contributed by atoms with E-state index in [1.807, 2.05) is 35.2 Å². The zero-order valence-electron chi connectivity index (χ0n) is 14.6. The second kappa shape index (κ2) is 6.73. The van der Waals surface area contributed by atoms with E-state index in [2.05, 4.69) is 4.98 Å². The molecule has 5 nitrogen and oxygen atoms in total. The van der Waals surface area contributed by atoms with Crippen molar-refractivity contribution in [3.8, 4) is 0 Å². The molecule has 132 valence electrons. The van der Waals surface area contributed by atoms with Gasteiger partial charge in [-0.1, -0.05) is 6.07 Å². The number of aromatic nitrogens is 1. The molecule has 0 unspecified atom stereocenters. The average Bonchev–Trinajstić information content (AvgIpc) is 2.66. The Labute approximate surface area is 147 Å². The molecule has 0 aliphatic carbocycles. The third kappa shape index (κ3) is 3.02. The van der Waals surface area contributed by atoms with E-state index in [9.17, 15) is 4.79 Å². The Morgan fingerprint density at radius 3 is 3.24 bits per heavy atom. The van der Waals surface area contributed by atoms with Crippen LogP contribution in [0.5, 0.6) is 0 Å². The lowest BCUT2D eigenvalue weighted by Crippen LogP contribution is -2.58. The van der Waals surface area contributed by atoms with E-state index in [0.717, 1.165) is 48.9 Å². The van der Waals surface area contributed by atoms with Crippen molar-refractivity contribution >= 4 is 16.8 Å². The highest BCUT2D eigenvalue weighted by atomic mass is 16.5. The molecular weight excluding hydrogens is 316 g/mol. The van der Waals surface area contributed by atoms with Crippen LogP contribution in [-0.4, -0.2) is 55.3 Å². The van der Waals surface area contributed by atoms with Crippen LogP contribution in [0.4, 0.5) is 0 Å². The van der Waals surface area contributed by atoms with Crippen molar-refractivity contribution in [3.05, 3.63) is 42.1 Å². The van der Waals surface area contributed by atoms with Gasteiger partial charge in [0, 0.05) is 49.4 Å². The van der Waals surface area contributed by atoms with Crippen LogP contribution in [0.3, 0.4) is 0 Å². The number of methoxy groups -OCH3 is 1. The lowest BCUT2D eigenvalue weighted by molar-refractivity contribution is -0.142. The summed E-state index contributed by atoms with van der Waals surface area (Å²) in [6.45, 7) is 2.90. The second-order valence-corrected chi connectivity index (χ2v) is 7.18. The number of nitrogens with zero attached hydrogens (tertiary/aromatic N) is 2. The highest BCUT2D eigenvalue weighted by Crippen LogP contribution is 2.40. The van der Waals surface area contributed by atoms with Crippen LogP contribution in [0.1, 0.15) is 29.6 Å². The van der Waals surface area contributed by atoms with Crippen LogP contribution in [-0.2, 0) is 9.47 Å². The van der Waals surface area contributed by atoms with Crippen molar-refractivity contribution in [3.63, 3.8) is 0 Å². The van der Waals surface area contributed by atoms with Gasteiger partial charge >= 0.3 is 0 Å². The van der Waals surface area contributed by atoms with Gasteiger partial charge in [-0.25, -0.2) is 0 Å². The minimum atomic E-state index is -0.0701. The fraction of sp³-hybridized carbons (Fsp3) is 0.500. The summed E-state index contributed by atoms with van der Waals surface area (Å²) < 4.78 is 11.5. The van der Waals surface area contributed by atoms with Crippen LogP contribution >= 0.6 is 0 Å². The Kier molecular flexibility index (Phi) is 4.44. The molecule has 5 heteroatoms. The maximum Gasteiger partial charge on any atom is 0.253 e. The first-order valence-electron chi connectivity index (χ1n) is 8.96. The fourth-order valence-corrected chi connectivity index (χ4v) is 4.35. The molecule has 1 aromatic heterocycles. The molecule has 2 atom stereocenters. The van der Waals surface area contributed by atoms with Crippen LogP contribution in [0.2, 0.25) is 0 Å². The van der Waals surface area contributed by atoms with E-state index in [1.54, 1.807) is 13.3 Å². The van der Waals surface area contributed by atoms with Crippen LogP contribution < -0.4 is 0 Å². The summed E-state index contributed by atoms with van der Waals surface area (Å²) in [7, 11) is 1.73. The third-order valence-electron chi connectivity index (χ3n) is 5.56. The predicted octanol–water partition coefficient (Wildman–Crippen LogP) is 2.89. The lowest BCUT2D eigenvalue weighted by Gasteiger charge is -2.50. The molecule has 2 aromatic rings. The van der Waals surface area contributed by atoms with Gasteiger partial charge in [-0.15, -0.1) is 0 Å². The standard InChI is InChI=1S/C20H24N2O3/c1-24-14-20-8-3-11-25-18(20)7-10-22(13-20)19(23)16-5-6-17-15(12-16)4-2-9-21-17/h2,4-6,9,12,18H,3,7-8,10-11,13-14H2,1H3/t18-,20+/m0/s1. The zero-order chi connectivity index (χ0) is 17.3. The number of rotatable bonds is 3. The smallest absolute Gasteiger partial charge is 0.253 e. The van der Waals surface area contributed by atoms with Gasteiger partial charge in [0.2, 0.25) is 0 Å². The molecule has 3 heterocycles. The van der Waals surface area contributed by atoms with E-state index in [4.69, 9.17) is 9.47 Å². The number of carbonyl (C=O) groups is 1. The van der Waals surface area contributed by atoms with Crippen molar-refractivity contribution in [1.82, 2.24) is 9.88 Å². The molecule has 2 aliphatic rings. The Morgan fingerprint density at radius 1 is 1.44 bits per heavy atom. The Balaban J connectivity index is 1.58. The van der Waals surface area contributed by atoms with E-state index < -0.39 is 0 Å². The summed E-state index contributed by atoms with van der Waals surface area (Å²) in [4.78, 5) is 19.4. The van der Waals surface area contributed by atoms with Gasteiger partial charge in [0.25, 0.3) is 5.91 Å². The van der Waals surface area contributed by atoms with E-state index in [-0.39, 0.29) is 17.4 Å². The summed E-state index contributed by atoms with van der Waals surface area (Å²) in [6, 6.07) is 9.63. The molecule has 1 amide bonds. The largest absolute Gasteiger partial charge is 0.384 e. The monoisotopic (exact) mass is 340 g/mol. The van der Waals surface area contributed by atoms with Gasteiger partial charge in [0.05, 0.1) is 18.2 Å². The first-order valence-corrected chi connectivity index (χ1v) is 8.96. The average molecular weight is 340 g/mol. The number of hydrogen-bond acceptors (Lipinski definition) is 4. The molecule has 0 spiro atoms. The van der Waals surface area contributed by atoms with Crippen LogP contribution in [0.25, 0.3) is 10.9 Å². The number of piperidine rings is 1. The van der Waals surface area contributed by atoms with Crippen molar-refractivity contribution in [2.75, 3.05) is 33.4 Å². The van der Waals surface area contributed by atoms with Gasteiger partial charge in [-0.05, 0) is 43.5 Å². The normalized spacial score (nSPS) is 26.4. The summed E-state index contributed by atoms with van der Waals surface area (Å²) in [5.41, 5.74) is 1.57. The molecule has 4 rings (SSSR count). The van der Waals surface area contributed by atoms with Crippen LogP contribution in [0, 0.1) is 5.41 Å². The molecule has 2 aliphatic heterocycles. The Bertz CT molecular complexity index is 774. The number of ether oxygens (including phenoxy) is 2. The molecule has 1 aromatic carbocycles. The summed E-state index contributed by atoms with van der Waals surface area (Å²) >= 11 is 0. The molecule has 2 saturated heterocycles. The highest BCUT2D eigenvalue weighted by molar-refractivity contribution is 5.98. The maximum atomic E-state index is 13.1. The van der Waals surface area contributed by atoms with Gasteiger partial charge in [0.1, 0.15) is 0 Å². The number of benzene rings is 1. The molecule has 0 radical (unpaired) electrons. The number of fused-ring (bicyclic) bond motifs is 2. The minimum Gasteiger partial charge on any atom is -0.384 e. The zero-order valence-corrected chi connectivity index (χ0v) is 14.6. The number of carbonyl (C=O) groups excluding carboxylic acids is 1. The highest BCUT2D eigenvalue weighted by Gasteiger charge is 2.47. The molecule has 0 saturated carbocycles. The van der Waals surface area contributed by atoms with Gasteiger partial charge < -0.3 is 14.4 Å². The number of amides is 1. The van der Waals surface area contributed by atoms with E-state index in [1.165, 1.54) is 0 Å². The predicted molar refractivity (Wildman–Crippen MR) is 95.5 cm³/mol. The van der Waals surface area contributed by atoms with Crippen LogP contribution in [0.15, 0.2) is 36.5 Å². The van der Waals surface area contributed by atoms with Crippen molar-refractivity contribution in [2.24, 2.45) is 5.41 Å². The Hall–Kier alpha value is -1.98. The fourth-order valence-electron chi connectivity index (χ4n) is 4.35. The number of likely N-dealkylation sites (tertiary alicyclic amines) is 1. The van der Waals surface area contributed by atoms with Gasteiger partial charge in [0.15, 0.2) is 0 Å². The number of pyridine rings is 1. The SMILES string of the molecule is COC[C@]12CCCO[C@H]1CCN(C(=O)c1ccc3ncccc3c1)C2. The quantitative estimate of drug-likeness (QED) is 0.862. The van der Waals surface area contributed by atoms with E-state index >= 15 is 0 Å². The molecule has 25 heavy (non-hydrogen) atoms. The van der Waals surface area contributed by atoms with Crippen molar-refractivity contribution < 1.29 is 14.3 Å². The lowest BCUT2D eigenvalue weighted by atomic mass is 9.73. The first kappa shape index (κ1) is 16.5. The minimum absolute atomic E-state index is 0.0701. The van der Waals surface area contributed by atoms with Crippen molar-refractivity contribution in [2.45, 2.75) is 25.4 Å². The molecule has 0 bridgehead atoms. The molecule has 0 N–H and O–H groups in total. The van der Waals surface area contributed by atoms with Gasteiger partial charge in [-0.3, -0.25) is 9.78 Å².